The molecule has 29 heavy (non-hydrogen) atoms. The van der Waals surface area contributed by atoms with E-state index in [2.05, 4.69) is 14.9 Å². The van der Waals surface area contributed by atoms with E-state index in [0.29, 0.717) is 11.6 Å². The number of amides is 2. The zero-order valence-corrected chi connectivity index (χ0v) is 18.2. The van der Waals surface area contributed by atoms with Crippen LogP contribution >= 0.6 is 0 Å². The second-order valence-electron chi connectivity index (χ2n) is 8.07. The van der Waals surface area contributed by atoms with Gasteiger partial charge < -0.3 is 14.8 Å². The van der Waals surface area contributed by atoms with E-state index in [4.69, 9.17) is 0 Å². The lowest BCUT2D eigenvalue weighted by molar-refractivity contribution is 0.181. The van der Waals surface area contributed by atoms with Gasteiger partial charge in [0.25, 0.3) is 0 Å². The van der Waals surface area contributed by atoms with Gasteiger partial charge >= 0.3 is 6.03 Å². The van der Waals surface area contributed by atoms with Crippen LogP contribution in [0.1, 0.15) is 38.1 Å². The molecule has 2 aromatic rings. The predicted molar refractivity (Wildman–Crippen MR) is 114 cm³/mol. The van der Waals surface area contributed by atoms with Crippen molar-refractivity contribution in [3.8, 4) is 0 Å². The lowest BCUT2D eigenvalue weighted by Gasteiger charge is -2.32. The number of anilines is 1. The second-order valence-corrected chi connectivity index (χ2v) is 10.6. The molecule has 1 aromatic carbocycles. The maximum atomic E-state index is 12.6. The fourth-order valence-corrected chi connectivity index (χ4v) is 4.47. The molecule has 2 amide bonds. The van der Waals surface area contributed by atoms with Gasteiger partial charge in [-0.05, 0) is 50.3 Å². The Morgan fingerprint density at radius 1 is 1.21 bits per heavy atom. The second kappa shape index (κ2) is 8.98. The number of urea groups is 1. The van der Waals surface area contributed by atoms with E-state index in [-0.39, 0.29) is 11.8 Å². The molecule has 0 spiro atoms. The van der Waals surface area contributed by atoms with Gasteiger partial charge in [0, 0.05) is 44.6 Å². The molecule has 1 aromatic heterocycles. The van der Waals surface area contributed by atoms with Crippen LogP contribution in [0.5, 0.6) is 0 Å². The monoisotopic (exact) mass is 418 g/mol. The highest BCUT2D eigenvalue weighted by atomic mass is 32.2. The number of carbonyl (C=O) groups is 1. The molecule has 3 rings (SSSR count). The molecule has 1 N–H and O–H groups in total. The molecule has 0 saturated carbocycles. The van der Waals surface area contributed by atoms with Gasteiger partial charge in [0.1, 0.15) is 5.82 Å². The number of benzene rings is 1. The van der Waals surface area contributed by atoms with Crippen LogP contribution in [0.2, 0.25) is 0 Å². The molecule has 2 heterocycles. The van der Waals surface area contributed by atoms with Gasteiger partial charge in [-0.3, -0.25) is 0 Å². The van der Waals surface area contributed by atoms with Crippen molar-refractivity contribution in [1.29, 1.82) is 0 Å². The van der Waals surface area contributed by atoms with E-state index in [1.165, 1.54) is 0 Å². The Morgan fingerprint density at radius 2 is 1.86 bits per heavy atom. The molecule has 1 saturated heterocycles. The number of nitrogens with one attached hydrogen (secondary N) is 1. The number of nitrogens with zero attached hydrogens (tertiary/aromatic N) is 3. The Balaban J connectivity index is 1.49. The van der Waals surface area contributed by atoms with Gasteiger partial charge in [-0.2, -0.15) is 0 Å². The molecule has 0 radical (unpaired) electrons. The Labute approximate surface area is 173 Å². The fourth-order valence-electron chi connectivity index (χ4n) is 3.48. The van der Waals surface area contributed by atoms with E-state index >= 15 is 0 Å². The normalized spacial score (nSPS) is 15.7. The number of rotatable bonds is 6. The van der Waals surface area contributed by atoms with E-state index in [1.54, 1.807) is 38.1 Å². The van der Waals surface area contributed by atoms with Crippen LogP contribution in [0.25, 0.3) is 0 Å². The first-order valence-corrected chi connectivity index (χ1v) is 11.8. The van der Waals surface area contributed by atoms with Crippen LogP contribution in [0.4, 0.5) is 10.5 Å². The number of imidazole rings is 1. The van der Waals surface area contributed by atoms with E-state index < -0.39 is 15.1 Å². The van der Waals surface area contributed by atoms with Crippen molar-refractivity contribution in [1.82, 2.24) is 14.5 Å². The Bertz CT molecular complexity index is 927. The number of hydrogen-bond donors (Lipinski definition) is 1. The number of carbonyl (C=O) groups excluding carboxylic acids is 1. The average molecular weight is 419 g/mol. The summed E-state index contributed by atoms with van der Waals surface area (Å²) in [7, 11) is -1.12. The molecule has 0 unspecified atom stereocenters. The van der Waals surface area contributed by atoms with Crippen molar-refractivity contribution in [2.75, 3.05) is 18.4 Å². The lowest BCUT2D eigenvalue weighted by Crippen LogP contribution is -2.41. The first-order valence-electron chi connectivity index (χ1n) is 10.1. The molecule has 7 nitrogen and oxygen atoms in total. The third-order valence-corrected chi connectivity index (χ3v) is 7.76. The Morgan fingerprint density at radius 3 is 2.41 bits per heavy atom. The summed E-state index contributed by atoms with van der Waals surface area (Å²) in [5.74, 6) is 1.65. The minimum absolute atomic E-state index is 0.0163. The van der Waals surface area contributed by atoms with Crippen molar-refractivity contribution in [3.63, 3.8) is 0 Å². The molecule has 0 aliphatic carbocycles. The van der Waals surface area contributed by atoms with Crippen molar-refractivity contribution in [2.45, 2.75) is 44.1 Å². The van der Waals surface area contributed by atoms with Gasteiger partial charge in [0.15, 0.2) is 9.84 Å². The van der Waals surface area contributed by atoms with Crippen LogP contribution < -0.4 is 5.32 Å². The number of hydrogen-bond acceptors (Lipinski definition) is 4. The summed E-state index contributed by atoms with van der Waals surface area (Å²) in [6.45, 7) is 4.82. The minimum atomic E-state index is -3.13. The van der Waals surface area contributed by atoms with Crippen LogP contribution in [0, 0.1) is 5.92 Å². The molecule has 158 valence electrons. The quantitative estimate of drug-likeness (QED) is 0.781. The van der Waals surface area contributed by atoms with Crippen molar-refractivity contribution < 1.29 is 13.2 Å². The maximum absolute atomic E-state index is 12.6. The first-order chi connectivity index (χ1) is 13.7. The third kappa shape index (κ3) is 5.59. The number of aryl methyl sites for hydroxylation is 1. The SMILES string of the molecule is CC(C)S(=O)(=O)Cc1ccc(NC(=O)N2CCC(Cc3nccn3C)CC2)cc1. The summed E-state index contributed by atoms with van der Waals surface area (Å²) >= 11 is 0. The number of likely N-dealkylation sites (tertiary alicyclic amines) is 1. The number of sulfone groups is 1. The van der Waals surface area contributed by atoms with E-state index in [1.807, 2.05) is 24.3 Å². The molecule has 0 bridgehead atoms. The smallest absolute Gasteiger partial charge is 0.321 e. The third-order valence-electron chi connectivity index (χ3n) is 5.59. The highest BCUT2D eigenvalue weighted by Gasteiger charge is 2.24. The van der Waals surface area contributed by atoms with Gasteiger partial charge in [-0.1, -0.05) is 12.1 Å². The molecular weight excluding hydrogens is 388 g/mol. The summed E-state index contributed by atoms with van der Waals surface area (Å²) in [6, 6.07) is 6.93. The summed E-state index contributed by atoms with van der Waals surface area (Å²) in [5, 5.41) is 2.51. The van der Waals surface area contributed by atoms with Gasteiger partial charge in [-0.15, -0.1) is 0 Å². The summed E-state index contributed by atoms with van der Waals surface area (Å²) in [5.41, 5.74) is 1.41. The molecule has 1 fully saturated rings. The van der Waals surface area contributed by atoms with Crippen molar-refractivity contribution in [2.24, 2.45) is 13.0 Å². The topological polar surface area (TPSA) is 84.3 Å². The maximum Gasteiger partial charge on any atom is 0.321 e. The molecule has 1 aliphatic heterocycles. The average Bonchev–Trinajstić information content (AvgIpc) is 3.08. The highest BCUT2D eigenvalue weighted by molar-refractivity contribution is 7.91. The van der Waals surface area contributed by atoms with Crippen LogP contribution in [-0.4, -0.2) is 47.2 Å². The molecule has 8 heteroatoms. The first kappa shape index (κ1) is 21.4. The van der Waals surface area contributed by atoms with Crippen molar-refractivity contribution >= 4 is 21.6 Å². The van der Waals surface area contributed by atoms with E-state index in [9.17, 15) is 13.2 Å². The number of piperidine rings is 1. The summed E-state index contributed by atoms with van der Waals surface area (Å²) in [6.07, 6.45) is 6.65. The molecule has 1 aliphatic rings. The number of aromatic nitrogens is 2. The zero-order chi connectivity index (χ0) is 21.0. The van der Waals surface area contributed by atoms with Crippen molar-refractivity contribution in [3.05, 3.63) is 48.0 Å². The van der Waals surface area contributed by atoms with Gasteiger partial charge in [0.2, 0.25) is 0 Å². The molecular formula is C21H30N4O3S. The lowest BCUT2D eigenvalue weighted by atomic mass is 9.93. The van der Waals surface area contributed by atoms with E-state index in [0.717, 1.165) is 43.7 Å². The van der Waals surface area contributed by atoms with Gasteiger partial charge in [0.05, 0.1) is 11.0 Å². The predicted octanol–water partition coefficient (Wildman–Crippen LogP) is 3.23. The van der Waals surface area contributed by atoms with Crippen LogP contribution in [0.15, 0.2) is 36.7 Å². The standard InChI is InChI=1S/C21H30N4O3S/c1-16(2)29(27,28)15-18-4-6-19(7-5-18)23-21(26)25-11-8-17(9-12-25)14-20-22-10-13-24(20)3/h4-7,10,13,16-17H,8-9,11-12,14-15H2,1-3H3,(H,23,26). The zero-order valence-electron chi connectivity index (χ0n) is 17.3. The fraction of sp³-hybridized carbons (Fsp3) is 0.524. The Kier molecular flexibility index (Phi) is 6.62. The summed E-state index contributed by atoms with van der Waals surface area (Å²) in [4.78, 5) is 18.8. The Hall–Kier alpha value is -2.35. The minimum Gasteiger partial charge on any atom is -0.338 e. The molecule has 0 atom stereocenters. The van der Waals surface area contributed by atoms with Crippen LogP contribution in [-0.2, 0) is 29.1 Å². The van der Waals surface area contributed by atoms with Gasteiger partial charge in [-0.25, -0.2) is 18.2 Å². The van der Waals surface area contributed by atoms with Crippen LogP contribution in [0.3, 0.4) is 0 Å². The summed E-state index contributed by atoms with van der Waals surface area (Å²) < 4.78 is 26.1. The highest BCUT2D eigenvalue weighted by Crippen LogP contribution is 2.22. The largest absolute Gasteiger partial charge is 0.338 e.